The molecule has 0 bridgehead atoms. The molecule has 1 heterocycles. The molecule has 1 aromatic carbocycles. The number of thiophene rings is 1. The van der Waals surface area contributed by atoms with Crippen LogP contribution in [-0.4, -0.2) is 0 Å². The standard InChI is InChI=1S/C14H15BrFNS/c1-9(11-4-3-5-13(16)6-11)17-10(2)14-7-12(15)8-18-14/h3-10,17H,1-2H3/t9-,10?/m0/s1. The first-order valence-corrected chi connectivity index (χ1v) is 7.49. The molecule has 0 aliphatic rings. The predicted molar refractivity (Wildman–Crippen MR) is 78.4 cm³/mol. The number of halogens is 2. The molecule has 0 saturated carbocycles. The van der Waals surface area contributed by atoms with Crippen LogP contribution >= 0.6 is 27.3 Å². The van der Waals surface area contributed by atoms with Crippen molar-refractivity contribution in [1.29, 1.82) is 0 Å². The Kier molecular flexibility index (Phi) is 4.54. The van der Waals surface area contributed by atoms with E-state index in [4.69, 9.17) is 0 Å². The summed E-state index contributed by atoms with van der Waals surface area (Å²) in [5.41, 5.74) is 0.970. The lowest BCUT2D eigenvalue weighted by Gasteiger charge is -2.19. The van der Waals surface area contributed by atoms with Gasteiger partial charge >= 0.3 is 0 Å². The monoisotopic (exact) mass is 327 g/mol. The zero-order valence-electron chi connectivity index (χ0n) is 10.3. The normalized spacial score (nSPS) is 14.4. The maximum Gasteiger partial charge on any atom is 0.123 e. The third-order valence-electron chi connectivity index (χ3n) is 2.86. The van der Waals surface area contributed by atoms with E-state index in [-0.39, 0.29) is 17.9 Å². The van der Waals surface area contributed by atoms with Crippen molar-refractivity contribution in [3.63, 3.8) is 0 Å². The maximum absolute atomic E-state index is 13.2. The number of nitrogens with one attached hydrogen (secondary N) is 1. The van der Waals surface area contributed by atoms with E-state index in [1.165, 1.54) is 10.9 Å². The summed E-state index contributed by atoms with van der Waals surface area (Å²) in [4.78, 5) is 1.27. The van der Waals surface area contributed by atoms with Crippen molar-refractivity contribution < 1.29 is 4.39 Å². The van der Waals surface area contributed by atoms with Gasteiger partial charge in [0.1, 0.15) is 5.82 Å². The highest BCUT2D eigenvalue weighted by Gasteiger charge is 2.13. The smallest absolute Gasteiger partial charge is 0.123 e. The second-order valence-corrected chi connectivity index (χ2v) is 6.19. The first kappa shape index (κ1) is 13.7. The van der Waals surface area contributed by atoms with Crippen LogP contribution in [0.2, 0.25) is 0 Å². The first-order chi connectivity index (χ1) is 8.56. The van der Waals surface area contributed by atoms with Gasteiger partial charge in [0, 0.05) is 26.8 Å². The van der Waals surface area contributed by atoms with Crippen molar-refractivity contribution in [2.75, 3.05) is 0 Å². The summed E-state index contributed by atoms with van der Waals surface area (Å²) < 4.78 is 14.3. The SMILES string of the molecule is CC(N[C@@H](C)c1cccc(F)c1)c1cc(Br)cs1. The molecular formula is C14H15BrFNS. The molecule has 0 saturated heterocycles. The summed E-state index contributed by atoms with van der Waals surface area (Å²) in [5.74, 6) is -0.187. The van der Waals surface area contributed by atoms with Gasteiger partial charge in [-0.25, -0.2) is 4.39 Å². The van der Waals surface area contributed by atoms with Crippen molar-refractivity contribution in [2.45, 2.75) is 25.9 Å². The van der Waals surface area contributed by atoms with Crippen molar-refractivity contribution in [3.8, 4) is 0 Å². The summed E-state index contributed by atoms with van der Waals surface area (Å²) in [6, 6.07) is 9.22. The first-order valence-electron chi connectivity index (χ1n) is 5.81. The predicted octanol–water partition coefficient (Wildman–Crippen LogP) is 5.06. The molecule has 0 aliphatic heterocycles. The molecule has 0 radical (unpaired) electrons. The molecule has 0 amide bonds. The molecule has 1 nitrogen and oxygen atoms in total. The quantitative estimate of drug-likeness (QED) is 0.827. The van der Waals surface area contributed by atoms with Gasteiger partial charge < -0.3 is 5.32 Å². The molecule has 0 spiro atoms. The van der Waals surface area contributed by atoms with E-state index < -0.39 is 0 Å². The van der Waals surface area contributed by atoms with Crippen molar-refractivity contribution in [1.82, 2.24) is 5.32 Å². The number of hydrogen-bond donors (Lipinski definition) is 1. The van der Waals surface area contributed by atoms with Gasteiger partial charge in [0.15, 0.2) is 0 Å². The van der Waals surface area contributed by atoms with Crippen molar-refractivity contribution in [2.24, 2.45) is 0 Å². The second kappa shape index (κ2) is 5.95. The van der Waals surface area contributed by atoms with Gasteiger partial charge in [-0.1, -0.05) is 12.1 Å². The Bertz CT molecular complexity index is 526. The van der Waals surface area contributed by atoms with Gasteiger partial charge in [0.25, 0.3) is 0 Å². The fourth-order valence-corrected chi connectivity index (χ4v) is 3.35. The van der Waals surface area contributed by atoms with Gasteiger partial charge in [0.05, 0.1) is 0 Å². The van der Waals surface area contributed by atoms with Crippen LogP contribution in [-0.2, 0) is 0 Å². The molecule has 2 atom stereocenters. The summed E-state index contributed by atoms with van der Waals surface area (Å²) in [6.45, 7) is 4.17. The Morgan fingerprint density at radius 2 is 2.00 bits per heavy atom. The fourth-order valence-electron chi connectivity index (χ4n) is 1.88. The molecule has 0 aliphatic carbocycles. The Morgan fingerprint density at radius 3 is 2.61 bits per heavy atom. The zero-order chi connectivity index (χ0) is 13.1. The summed E-state index contributed by atoms with van der Waals surface area (Å²) in [7, 11) is 0. The van der Waals surface area contributed by atoms with Gasteiger partial charge in [-0.2, -0.15) is 0 Å². The molecular weight excluding hydrogens is 313 g/mol. The molecule has 1 aromatic heterocycles. The van der Waals surface area contributed by atoms with E-state index in [1.54, 1.807) is 23.5 Å². The maximum atomic E-state index is 13.2. The van der Waals surface area contributed by atoms with E-state index in [1.807, 2.05) is 13.0 Å². The third kappa shape index (κ3) is 3.40. The molecule has 4 heteroatoms. The molecule has 96 valence electrons. The highest BCUT2D eigenvalue weighted by atomic mass is 79.9. The topological polar surface area (TPSA) is 12.0 Å². The lowest BCUT2D eigenvalue weighted by atomic mass is 10.1. The Balaban J connectivity index is 2.05. The molecule has 18 heavy (non-hydrogen) atoms. The molecule has 2 aromatic rings. The van der Waals surface area contributed by atoms with Gasteiger partial charge in [-0.15, -0.1) is 11.3 Å². The lowest BCUT2D eigenvalue weighted by molar-refractivity contribution is 0.497. The Morgan fingerprint density at radius 1 is 1.22 bits per heavy atom. The molecule has 1 unspecified atom stereocenters. The largest absolute Gasteiger partial charge is 0.303 e. The average Bonchev–Trinajstić information content (AvgIpc) is 2.76. The Labute approximate surface area is 119 Å². The van der Waals surface area contributed by atoms with Crippen LogP contribution in [0.4, 0.5) is 4.39 Å². The van der Waals surface area contributed by atoms with Gasteiger partial charge in [-0.3, -0.25) is 0 Å². The Hall–Kier alpha value is -0.710. The summed E-state index contributed by atoms with van der Waals surface area (Å²) in [5, 5.41) is 5.55. The fraction of sp³-hybridized carbons (Fsp3) is 0.286. The van der Waals surface area contributed by atoms with Crippen molar-refractivity contribution in [3.05, 3.63) is 56.4 Å². The van der Waals surface area contributed by atoms with Crippen LogP contribution in [0.15, 0.2) is 40.2 Å². The second-order valence-electron chi connectivity index (χ2n) is 4.33. The van der Waals surface area contributed by atoms with Crippen LogP contribution in [0.25, 0.3) is 0 Å². The number of rotatable bonds is 4. The van der Waals surface area contributed by atoms with Gasteiger partial charge in [0.2, 0.25) is 0 Å². The van der Waals surface area contributed by atoms with Crippen molar-refractivity contribution >= 4 is 27.3 Å². The zero-order valence-corrected chi connectivity index (χ0v) is 12.7. The summed E-state index contributed by atoms with van der Waals surface area (Å²) >= 11 is 5.17. The minimum absolute atomic E-state index is 0.122. The van der Waals surface area contributed by atoms with E-state index in [9.17, 15) is 4.39 Å². The van der Waals surface area contributed by atoms with Crippen LogP contribution in [0.1, 0.15) is 36.4 Å². The highest BCUT2D eigenvalue weighted by Crippen LogP contribution is 2.27. The summed E-state index contributed by atoms with van der Waals surface area (Å²) in [6.07, 6.45) is 0. The molecule has 2 rings (SSSR count). The molecule has 0 fully saturated rings. The molecule has 1 N–H and O–H groups in total. The van der Waals surface area contributed by atoms with Crippen LogP contribution in [0.3, 0.4) is 0 Å². The van der Waals surface area contributed by atoms with Crippen LogP contribution < -0.4 is 5.32 Å². The van der Waals surface area contributed by atoms with E-state index in [2.05, 4.69) is 39.6 Å². The van der Waals surface area contributed by atoms with Crippen LogP contribution in [0, 0.1) is 5.82 Å². The van der Waals surface area contributed by atoms with E-state index >= 15 is 0 Å². The third-order valence-corrected chi connectivity index (χ3v) is 4.74. The minimum Gasteiger partial charge on any atom is -0.303 e. The lowest BCUT2D eigenvalue weighted by Crippen LogP contribution is -2.21. The van der Waals surface area contributed by atoms with Crippen LogP contribution in [0.5, 0.6) is 0 Å². The van der Waals surface area contributed by atoms with Gasteiger partial charge in [-0.05, 0) is 53.5 Å². The van der Waals surface area contributed by atoms with E-state index in [0.717, 1.165) is 10.0 Å². The van der Waals surface area contributed by atoms with E-state index in [0.29, 0.717) is 0 Å². The number of hydrogen-bond acceptors (Lipinski definition) is 2. The number of benzene rings is 1. The highest BCUT2D eigenvalue weighted by molar-refractivity contribution is 9.10. The minimum atomic E-state index is -0.187. The average molecular weight is 328 g/mol.